The highest BCUT2D eigenvalue weighted by Crippen LogP contribution is 2.29. The van der Waals surface area contributed by atoms with E-state index in [9.17, 15) is 10.1 Å². The second-order valence-electron chi connectivity index (χ2n) is 5.75. The monoisotopic (exact) mass is 292 g/mol. The summed E-state index contributed by atoms with van der Waals surface area (Å²) in [5, 5.41) is 10.9. The van der Waals surface area contributed by atoms with Gasteiger partial charge in [-0.25, -0.2) is 0 Å². The molecule has 21 heavy (non-hydrogen) atoms. The smallest absolute Gasteiger partial charge is 0.272 e. The number of rotatable bonds is 7. The first-order chi connectivity index (χ1) is 10.2. The number of nitro groups is 1. The molecule has 0 spiro atoms. The Kier molecular flexibility index (Phi) is 6.14. The fourth-order valence-electron chi connectivity index (χ4n) is 3.13. The van der Waals surface area contributed by atoms with Gasteiger partial charge >= 0.3 is 0 Å². The highest BCUT2D eigenvalue weighted by atomic mass is 16.6. The number of nitrogens with two attached hydrogens (primary N) is 1. The molecule has 5 nitrogen and oxygen atoms in total. The second-order valence-corrected chi connectivity index (χ2v) is 5.75. The van der Waals surface area contributed by atoms with Crippen molar-refractivity contribution in [1.29, 1.82) is 0 Å². The van der Waals surface area contributed by atoms with Gasteiger partial charge in [0.25, 0.3) is 5.69 Å². The van der Waals surface area contributed by atoms with Gasteiger partial charge in [-0.2, -0.15) is 0 Å². The van der Waals surface area contributed by atoms with E-state index in [1.807, 2.05) is 6.07 Å². The van der Waals surface area contributed by atoms with E-state index in [1.165, 1.54) is 25.7 Å². The summed E-state index contributed by atoms with van der Waals surface area (Å²) in [4.78, 5) is 10.6. The molecule has 2 unspecified atom stereocenters. The molecule has 5 heteroatoms. The topological polar surface area (TPSA) is 78.4 Å². The highest BCUT2D eigenvalue weighted by Gasteiger charge is 2.23. The zero-order valence-electron chi connectivity index (χ0n) is 12.4. The molecule has 1 aliphatic rings. The summed E-state index contributed by atoms with van der Waals surface area (Å²) < 4.78 is 5.77. The van der Waals surface area contributed by atoms with Crippen LogP contribution in [0.1, 0.15) is 31.2 Å². The lowest BCUT2D eigenvalue weighted by Crippen LogP contribution is -2.30. The van der Waals surface area contributed by atoms with Crippen LogP contribution in [0.25, 0.3) is 0 Å². The standard InChI is InChI=1S/C16H24N2O3/c17-11-14-6-1-2-7-15(14)12-21-10-9-13-5-3-4-8-16(13)18(19)20/h3-5,8,14-15H,1-2,6-7,9-12,17H2. The SMILES string of the molecule is NCC1CCCCC1COCCc1ccccc1[N+](=O)[O-]. The number of ether oxygens (including phenoxy) is 1. The Morgan fingerprint density at radius 1 is 1.24 bits per heavy atom. The van der Waals surface area contributed by atoms with E-state index >= 15 is 0 Å². The van der Waals surface area contributed by atoms with Crippen LogP contribution in [0.5, 0.6) is 0 Å². The number of hydrogen-bond acceptors (Lipinski definition) is 4. The van der Waals surface area contributed by atoms with E-state index in [2.05, 4.69) is 0 Å². The minimum atomic E-state index is -0.332. The zero-order chi connectivity index (χ0) is 15.1. The summed E-state index contributed by atoms with van der Waals surface area (Å²) in [7, 11) is 0. The molecule has 2 atom stereocenters. The molecule has 2 rings (SSSR count). The molecule has 0 amide bonds. The minimum Gasteiger partial charge on any atom is -0.381 e. The first-order valence-electron chi connectivity index (χ1n) is 7.72. The van der Waals surface area contributed by atoms with E-state index in [4.69, 9.17) is 10.5 Å². The number of hydrogen-bond donors (Lipinski definition) is 1. The van der Waals surface area contributed by atoms with Gasteiger partial charge in [-0.05, 0) is 31.2 Å². The van der Waals surface area contributed by atoms with Gasteiger partial charge in [0.15, 0.2) is 0 Å². The van der Waals surface area contributed by atoms with Crippen LogP contribution in [0, 0.1) is 22.0 Å². The zero-order valence-corrected chi connectivity index (χ0v) is 12.4. The van der Waals surface area contributed by atoms with Crippen molar-refractivity contribution < 1.29 is 9.66 Å². The molecule has 1 aromatic rings. The summed E-state index contributed by atoms with van der Waals surface area (Å²) in [5.74, 6) is 1.12. The summed E-state index contributed by atoms with van der Waals surface area (Å²) in [6, 6.07) is 6.86. The molecule has 0 saturated heterocycles. The Morgan fingerprint density at radius 2 is 1.95 bits per heavy atom. The molecule has 0 bridgehead atoms. The van der Waals surface area contributed by atoms with Crippen molar-refractivity contribution in [3.05, 3.63) is 39.9 Å². The first kappa shape index (κ1) is 15.9. The average Bonchev–Trinajstić information content (AvgIpc) is 2.52. The van der Waals surface area contributed by atoms with Crippen LogP contribution in [-0.2, 0) is 11.2 Å². The summed E-state index contributed by atoms with van der Waals surface area (Å²) in [5.41, 5.74) is 6.73. The van der Waals surface area contributed by atoms with Crippen molar-refractivity contribution in [2.75, 3.05) is 19.8 Å². The maximum atomic E-state index is 10.9. The van der Waals surface area contributed by atoms with Crippen molar-refractivity contribution in [2.24, 2.45) is 17.6 Å². The molecule has 116 valence electrons. The molecular formula is C16H24N2O3. The van der Waals surface area contributed by atoms with Crippen LogP contribution < -0.4 is 5.73 Å². The lowest BCUT2D eigenvalue weighted by Gasteiger charge is -2.30. The van der Waals surface area contributed by atoms with Crippen LogP contribution in [-0.4, -0.2) is 24.7 Å². The molecule has 0 aromatic heterocycles. The number of nitrogens with zero attached hydrogens (tertiary/aromatic N) is 1. The molecule has 0 radical (unpaired) electrons. The predicted octanol–water partition coefficient (Wildman–Crippen LogP) is 2.92. The molecule has 1 fully saturated rings. The van der Waals surface area contributed by atoms with Crippen LogP contribution in [0.3, 0.4) is 0 Å². The lowest BCUT2D eigenvalue weighted by molar-refractivity contribution is -0.385. The summed E-state index contributed by atoms with van der Waals surface area (Å²) >= 11 is 0. The number of benzene rings is 1. The van der Waals surface area contributed by atoms with Crippen LogP contribution in [0.15, 0.2) is 24.3 Å². The molecule has 0 heterocycles. The largest absolute Gasteiger partial charge is 0.381 e. The van der Waals surface area contributed by atoms with Gasteiger partial charge in [0, 0.05) is 24.7 Å². The maximum Gasteiger partial charge on any atom is 0.272 e. The third kappa shape index (κ3) is 4.51. The molecule has 2 N–H and O–H groups in total. The average molecular weight is 292 g/mol. The van der Waals surface area contributed by atoms with E-state index in [-0.39, 0.29) is 10.6 Å². The van der Waals surface area contributed by atoms with Crippen LogP contribution >= 0.6 is 0 Å². The number of para-hydroxylation sites is 1. The summed E-state index contributed by atoms with van der Waals surface area (Å²) in [6.07, 6.45) is 5.50. The van der Waals surface area contributed by atoms with Gasteiger partial charge in [-0.15, -0.1) is 0 Å². The third-order valence-electron chi connectivity index (χ3n) is 4.41. The predicted molar refractivity (Wildman–Crippen MR) is 82.1 cm³/mol. The highest BCUT2D eigenvalue weighted by molar-refractivity contribution is 5.39. The van der Waals surface area contributed by atoms with Gasteiger partial charge in [0.2, 0.25) is 0 Å². The van der Waals surface area contributed by atoms with E-state index in [0.717, 1.165) is 18.7 Å². The van der Waals surface area contributed by atoms with Gasteiger partial charge in [-0.3, -0.25) is 10.1 Å². The van der Waals surface area contributed by atoms with Gasteiger partial charge in [-0.1, -0.05) is 31.0 Å². The van der Waals surface area contributed by atoms with E-state index in [1.54, 1.807) is 18.2 Å². The van der Waals surface area contributed by atoms with Gasteiger partial charge in [0.1, 0.15) is 0 Å². The lowest BCUT2D eigenvalue weighted by atomic mass is 9.80. The second kappa shape index (κ2) is 8.10. The quantitative estimate of drug-likeness (QED) is 0.476. The molecule has 0 aliphatic heterocycles. The molecule has 1 aliphatic carbocycles. The number of nitro benzene ring substituents is 1. The van der Waals surface area contributed by atoms with Crippen molar-refractivity contribution >= 4 is 5.69 Å². The van der Waals surface area contributed by atoms with Crippen LogP contribution in [0.2, 0.25) is 0 Å². The van der Waals surface area contributed by atoms with Crippen molar-refractivity contribution in [2.45, 2.75) is 32.1 Å². The van der Waals surface area contributed by atoms with Crippen molar-refractivity contribution in [3.8, 4) is 0 Å². The van der Waals surface area contributed by atoms with Crippen molar-refractivity contribution in [1.82, 2.24) is 0 Å². The minimum absolute atomic E-state index is 0.179. The Morgan fingerprint density at radius 3 is 2.67 bits per heavy atom. The van der Waals surface area contributed by atoms with Gasteiger partial charge in [0.05, 0.1) is 11.5 Å². The molecule has 1 saturated carbocycles. The van der Waals surface area contributed by atoms with E-state index < -0.39 is 0 Å². The summed E-state index contributed by atoms with van der Waals surface area (Å²) in [6.45, 7) is 1.99. The Bertz CT molecular complexity index is 465. The molecular weight excluding hydrogens is 268 g/mol. The van der Waals surface area contributed by atoms with Crippen molar-refractivity contribution in [3.63, 3.8) is 0 Å². The Balaban J connectivity index is 1.78. The molecule has 1 aromatic carbocycles. The normalized spacial score (nSPS) is 22.1. The Labute approximate surface area is 125 Å². The van der Waals surface area contributed by atoms with Gasteiger partial charge < -0.3 is 10.5 Å². The Hall–Kier alpha value is -1.46. The first-order valence-corrected chi connectivity index (χ1v) is 7.72. The third-order valence-corrected chi connectivity index (χ3v) is 4.41. The fourth-order valence-corrected chi connectivity index (χ4v) is 3.13. The van der Waals surface area contributed by atoms with E-state index in [0.29, 0.717) is 24.9 Å². The maximum absolute atomic E-state index is 10.9. The van der Waals surface area contributed by atoms with Crippen LogP contribution in [0.4, 0.5) is 5.69 Å². The fraction of sp³-hybridized carbons (Fsp3) is 0.625.